The van der Waals surface area contributed by atoms with Gasteiger partial charge in [0.05, 0.1) is 17.7 Å². The summed E-state index contributed by atoms with van der Waals surface area (Å²) in [5.74, 6) is -0.168. The average Bonchev–Trinajstić information content (AvgIpc) is 2.94. The number of sulfonamides is 1. The van der Waals surface area contributed by atoms with E-state index in [-0.39, 0.29) is 17.3 Å². The third kappa shape index (κ3) is 7.85. The van der Waals surface area contributed by atoms with Crippen molar-refractivity contribution >= 4 is 43.5 Å². The van der Waals surface area contributed by atoms with Crippen LogP contribution in [0.3, 0.4) is 0 Å². The lowest BCUT2D eigenvalue weighted by Crippen LogP contribution is -2.52. The zero-order chi connectivity index (χ0) is 29.3. The Morgan fingerprint density at radius 2 is 1.70 bits per heavy atom. The molecule has 0 unspecified atom stereocenters. The van der Waals surface area contributed by atoms with Crippen LogP contribution in [0, 0.1) is 6.92 Å². The van der Waals surface area contributed by atoms with Crippen LogP contribution in [-0.4, -0.2) is 51.4 Å². The van der Waals surface area contributed by atoms with E-state index in [9.17, 15) is 18.0 Å². The summed E-state index contributed by atoms with van der Waals surface area (Å²) in [6.45, 7) is 5.74. The molecule has 3 aromatic rings. The van der Waals surface area contributed by atoms with Gasteiger partial charge in [-0.25, -0.2) is 8.42 Å². The molecule has 1 atom stereocenters. The minimum absolute atomic E-state index is 0.0675. The summed E-state index contributed by atoms with van der Waals surface area (Å²) in [6.07, 6.45) is 1.10. The van der Waals surface area contributed by atoms with Gasteiger partial charge in [0.2, 0.25) is 11.8 Å². The van der Waals surface area contributed by atoms with Crippen LogP contribution >= 0.6 is 15.9 Å². The van der Waals surface area contributed by atoms with Gasteiger partial charge in [0.1, 0.15) is 18.3 Å². The van der Waals surface area contributed by atoms with Gasteiger partial charge in [-0.15, -0.1) is 0 Å². The number of rotatable bonds is 13. The Labute approximate surface area is 245 Å². The van der Waals surface area contributed by atoms with E-state index in [2.05, 4.69) is 21.2 Å². The standard InChI is InChI=1S/C30H36BrN3O5S/c1-5-17-32-30(36)28(6-2)33(20-23-9-7-12-26(18-23)39-4)29(35)21-34(25-11-8-10-24(31)19-25)40(37,38)27-15-13-22(3)14-16-27/h7-16,18-19,28H,5-6,17,20-21H2,1-4H3,(H,32,36)/t28-/m0/s1. The van der Waals surface area contributed by atoms with Gasteiger partial charge in [-0.05, 0) is 67.8 Å². The number of amides is 2. The van der Waals surface area contributed by atoms with Crippen molar-refractivity contribution in [3.8, 4) is 5.75 Å². The van der Waals surface area contributed by atoms with Gasteiger partial charge in [-0.1, -0.05) is 65.7 Å². The second-order valence-corrected chi connectivity index (χ2v) is 12.2. The Bertz CT molecular complexity index is 1410. The molecule has 10 heteroatoms. The van der Waals surface area contributed by atoms with Gasteiger partial charge < -0.3 is 15.0 Å². The molecule has 3 aromatic carbocycles. The van der Waals surface area contributed by atoms with Crippen LogP contribution < -0.4 is 14.4 Å². The van der Waals surface area contributed by atoms with Gasteiger partial charge >= 0.3 is 0 Å². The first-order chi connectivity index (χ1) is 19.1. The number of hydrogen-bond donors (Lipinski definition) is 1. The highest BCUT2D eigenvalue weighted by molar-refractivity contribution is 9.10. The summed E-state index contributed by atoms with van der Waals surface area (Å²) in [4.78, 5) is 28.8. The number of halogens is 1. The molecule has 1 N–H and O–H groups in total. The van der Waals surface area contributed by atoms with Crippen molar-refractivity contribution in [3.63, 3.8) is 0 Å². The first-order valence-electron chi connectivity index (χ1n) is 13.2. The van der Waals surface area contributed by atoms with E-state index in [1.807, 2.05) is 32.9 Å². The van der Waals surface area contributed by atoms with Crippen molar-refractivity contribution in [1.29, 1.82) is 0 Å². The number of hydrogen-bond acceptors (Lipinski definition) is 5. The Balaban J connectivity index is 2.06. The zero-order valence-corrected chi connectivity index (χ0v) is 25.7. The van der Waals surface area contributed by atoms with E-state index in [1.54, 1.807) is 55.6 Å². The van der Waals surface area contributed by atoms with Gasteiger partial charge in [-0.2, -0.15) is 0 Å². The van der Waals surface area contributed by atoms with Crippen LogP contribution in [0.25, 0.3) is 0 Å². The Kier molecular flexibility index (Phi) is 11.2. The second kappa shape index (κ2) is 14.3. The molecule has 8 nitrogen and oxygen atoms in total. The van der Waals surface area contributed by atoms with E-state index in [1.165, 1.54) is 17.0 Å². The molecule has 2 amide bonds. The Morgan fingerprint density at radius 3 is 2.33 bits per heavy atom. The molecule has 0 bridgehead atoms. The van der Waals surface area contributed by atoms with Crippen molar-refractivity contribution in [2.75, 3.05) is 24.5 Å². The lowest BCUT2D eigenvalue weighted by atomic mass is 10.1. The number of methoxy groups -OCH3 is 1. The number of nitrogens with one attached hydrogen (secondary N) is 1. The van der Waals surface area contributed by atoms with E-state index >= 15 is 0 Å². The van der Waals surface area contributed by atoms with Gasteiger partial charge in [-0.3, -0.25) is 13.9 Å². The van der Waals surface area contributed by atoms with E-state index in [4.69, 9.17) is 4.74 Å². The molecule has 0 saturated carbocycles. The molecule has 40 heavy (non-hydrogen) atoms. The largest absolute Gasteiger partial charge is 0.497 e. The quantitative estimate of drug-likeness (QED) is 0.277. The van der Waals surface area contributed by atoms with Crippen LogP contribution in [-0.2, 0) is 26.2 Å². The van der Waals surface area contributed by atoms with E-state index in [0.717, 1.165) is 21.9 Å². The molecule has 0 fully saturated rings. The smallest absolute Gasteiger partial charge is 0.264 e. The predicted molar refractivity (Wildman–Crippen MR) is 161 cm³/mol. The third-order valence-electron chi connectivity index (χ3n) is 6.41. The molecule has 0 aliphatic carbocycles. The van der Waals surface area contributed by atoms with Crippen LogP contribution in [0.15, 0.2) is 82.2 Å². The van der Waals surface area contributed by atoms with E-state index in [0.29, 0.717) is 28.9 Å². The number of anilines is 1. The van der Waals surface area contributed by atoms with Gasteiger partial charge in [0.15, 0.2) is 0 Å². The number of aryl methyl sites for hydroxylation is 1. The minimum Gasteiger partial charge on any atom is -0.497 e. The maximum absolute atomic E-state index is 14.1. The number of nitrogens with zero attached hydrogens (tertiary/aromatic N) is 2. The summed E-state index contributed by atoms with van der Waals surface area (Å²) in [7, 11) is -2.57. The van der Waals surface area contributed by atoms with Crippen molar-refractivity contribution < 1.29 is 22.7 Å². The Morgan fingerprint density at radius 1 is 1.00 bits per heavy atom. The van der Waals surface area contributed by atoms with Gasteiger partial charge in [0.25, 0.3) is 10.0 Å². The van der Waals surface area contributed by atoms with Crippen LogP contribution in [0.4, 0.5) is 5.69 Å². The highest BCUT2D eigenvalue weighted by atomic mass is 79.9. The summed E-state index contributed by atoms with van der Waals surface area (Å²) in [5, 5.41) is 2.89. The SMILES string of the molecule is CCCNC(=O)[C@H](CC)N(Cc1cccc(OC)c1)C(=O)CN(c1cccc(Br)c1)S(=O)(=O)c1ccc(C)cc1. The topological polar surface area (TPSA) is 96.0 Å². The fraction of sp³-hybridized carbons (Fsp3) is 0.333. The number of carbonyl (C=O) groups excluding carboxylic acids is 2. The molecule has 0 radical (unpaired) electrons. The van der Waals surface area contributed by atoms with E-state index < -0.39 is 28.5 Å². The summed E-state index contributed by atoms with van der Waals surface area (Å²) in [5.41, 5.74) is 2.00. The first kappa shape index (κ1) is 31.2. The van der Waals surface area contributed by atoms with Crippen molar-refractivity contribution in [2.45, 2.75) is 51.1 Å². The summed E-state index contributed by atoms with van der Waals surface area (Å²) < 4.78 is 34.9. The van der Waals surface area contributed by atoms with Crippen LogP contribution in [0.5, 0.6) is 5.75 Å². The molecule has 3 rings (SSSR count). The van der Waals surface area contributed by atoms with Crippen molar-refractivity contribution in [3.05, 3.63) is 88.4 Å². The van der Waals surface area contributed by atoms with Crippen LogP contribution in [0.1, 0.15) is 37.8 Å². The third-order valence-corrected chi connectivity index (χ3v) is 8.69. The van der Waals surface area contributed by atoms with Crippen molar-refractivity contribution in [2.24, 2.45) is 0 Å². The monoisotopic (exact) mass is 629 g/mol. The molecular weight excluding hydrogens is 594 g/mol. The zero-order valence-electron chi connectivity index (χ0n) is 23.3. The average molecular weight is 631 g/mol. The van der Waals surface area contributed by atoms with Gasteiger partial charge in [0, 0.05) is 17.6 Å². The maximum atomic E-state index is 14.1. The lowest BCUT2D eigenvalue weighted by molar-refractivity contribution is -0.140. The second-order valence-electron chi connectivity index (χ2n) is 9.39. The highest BCUT2D eigenvalue weighted by Gasteiger charge is 2.33. The number of ether oxygens (including phenoxy) is 1. The molecule has 0 aliphatic rings. The lowest BCUT2D eigenvalue weighted by Gasteiger charge is -2.33. The minimum atomic E-state index is -4.12. The Hall–Kier alpha value is -3.37. The fourth-order valence-corrected chi connectivity index (χ4v) is 6.04. The predicted octanol–water partition coefficient (Wildman–Crippen LogP) is 5.30. The molecule has 0 aromatic heterocycles. The number of benzene rings is 3. The fourth-order valence-electron chi connectivity index (χ4n) is 4.25. The highest BCUT2D eigenvalue weighted by Crippen LogP contribution is 2.27. The number of carbonyl (C=O) groups is 2. The van der Waals surface area contributed by atoms with Crippen molar-refractivity contribution in [1.82, 2.24) is 10.2 Å². The molecular formula is C30H36BrN3O5S. The molecule has 0 heterocycles. The molecule has 0 aliphatic heterocycles. The maximum Gasteiger partial charge on any atom is 0.264 e. The normalized spacial score (nSPS) is 11.9. The summed E-state index contributed by atoms with van der Waals surface area (Å²) in [6, 6.07) is 19.7. The molecule has 0 spiro atoms. The summed E-state index contributed by atoms with van der Waals surface area (Å²) >= 11 is 3.41. The first-order valence-corrected chi connectivity index (χ1v) is 15.4. The van der Waals surface area contributed by atoms with Crippen LogP contribution in [0.2, 0.25) is 0 Å². The molecule has 0 saturated heterocycles. The molecule has 214 valence electrons.